The zero-order valence-corrected chi connectivity index (χ0v) is 18.2. The van der Waals surface area contributed by atoms with Gasteiger partial charge >= 0.3 is 11.6 Å². The largest absolute Gasteiger partial charge is 0.338 e. The van der Waals surface area contributed by atoms with Crippen LogP contribution in [0.3, 0.4) is 0 Å². The van der Waals surface area contributed by atoms with Gasteiger partial charge in [-0.15, -0.1) is 0 Å². The van der Waals surface area contributed by atoms with Gasteiger partial charge in [-0.05, 0) is 36.6 Å². The fraction of sp³-hybridized carbons (Fsp3) is 0.350. The van der Waals surface area contributed by atoms with Crippen LogP contribution in [-0.2, 0) is 25.0 Å². The van der Waals surface area contributed by atoms with E-state index in [9.17, 15) is 8.78 Å². The molecule has 0 aromatic carbocycles. The van der Waals surface area contributed by atoms with Gasteiger partial charge in [-0.1, -0.05) is 12.1 Å². The van der Waals surface area contributed by atoms with Crippen molar-refractivity contribution in [2.45, 2.75) is 38.5 Å². The van der Waals surface area contributed by atoms with Crippen molar-refractivity contribution in [3.63, 3.8) is 0 Å². The van der Waals surface area contributed by atoms with Crippen LogP contribution in [0.4, 0.5) is 8.78 Å². The quantitative estimate of drug-likeness (QED) is 0.455. The molecule has 0 amide bonds. The van der Waals surface area contributed by atoms with Crippen molar-refractivity contribution >= 4 is 22.7 Å². The summed E-state index contributed by atoms with van der Waals surface area (Å²) in [6, 6.07) is 3.89. The Morgan fingerprint density at radius 3 is 2.59 bits per heavy atom. The lowest BCUT2D eigenvalue weighted by Gasteiger charge is -2.08. The van der Waals surface area contributed by atoms with Gasteiger partial charge in [0.05, 0.1) is 0 Å². The second-order valence-corrected chi connectivity index (χ2v) is 7.61. The van der Waals surface area contributed by atoms with E-state index < -0.39 is 23.4 Å². The molecule has 12 heteroatoms. The van der Waals surface area contributed by atoms with E-state index in [0.29, 0.717) is 17.8 Å². The smallest absolute Gasteiger partial charge is 0.335 e. The summed E-state index contributed by atoms with van der Waals surface area (Å²) in [6.45, 7) is 3.99. The van der Waals surface area contributed by atoms with Crippen molar-refractivity contribution in [3.05, 3.63) is 41.5 Å². The van der Waals surface area contributed by atoms with E-state index in [4.69, 9.17) is 17.9 Å². The molecule has 1 atom stereocenters. The summed E-state index contributed by atoms with van der Waals surface area (Å²) in [4.78, 5) is 17.9. The van der Waals surface area contributed by atoms with Crippen LogP contribution in [0, 0.1) is 6.92 Å². The number of halogens is 2. The number of nitrogens with zero attached hydrogens (tertiary/aromatic N) is 6. The lowest BCUT2D eigenvalue weighted by Crippen LogP contribution is -2.00. The maximum atomic E-state index is 13.2. The molecule has 0 bridgehead atoms. The van der Waals surface area contributed by atoms with Gasteiger partial charge in [0.2, 0.25) is 11.7 Å². The molecule has 1 aliphatic carbocycles. The van der Waals surface area contributed by atoms with Gasteiger partial charge in [0.25, 0.3) is 5.92 Å². The Hall–Kier alpha value is -3.41. The molecule has 5 rings (SSSR count). The molecule has 32 heavy (non-hydrogen) atoms. The van der Waals surface area contributed by atoms with Crippen LogP contribution >= 0.6 is 0 Å². The zero-order valence-electron chi connectivity index (χ0n) is 17.4. The van der Waals surface area contributed by atoms with E-state index in [2.05, 4.69) is 20.1 Å². The third kappa shape index (κ3) is 3.93. The molecule has 4 aromatic rings. The normalized spacial score (nSPS) is 16.5. The van der Waals surface area contributed by atoms with Crippen LogP contribution in [0.25, 0.3) is 34.1 Å². The Bertz CT molecular complexity index is 1350. The van der Waals surface area contributed by atoms with Gasteiger partial charge < -0.3 is 9.09 Å². The molecule has 1 unspecified atom stereocenters. The highest BCUT2D eigenvalue weighted by atomic mass is 32.1. The van der Waals surface area contributed by atoms with Gasteiger partial charge in [-0.25, -0.2) is 18.7 Å². The maximum Gasteiger partial charge on any atom is 0.335 e. The number of hydrogen-bond donors (Lipinski definition) is 0. The molecule has 166 valence electrons. The van der Waals surface area contributed by atoms with Crippen LogP contribution in [-0.4, -0.2) is 44.0 Å². The number of hydrogen-bond acceptors (Lipinski definition) is 8. The second-order valence-electron chi connectivity index (χ2n) is 7.48. The van der Waals surface area contributed by atoms with Crippen molar-refractivity contribution in [1.82, 2.24) is 29.7 Å². The first-order valence-electron chi connectivity index (χ1n) is 9.71. The number of fused-ring (bicyclic) bond motifs is 1. The molecule has 1 aliphatic rings. The molecule has 1 saturated carbocycles. The predicted molar refractivity (Wildman–Crippen MR) is 110 cm³/mol. The standard InChI is InChI=1S/C20H18F2N6O.O2S/c1-4-11-6-12(16-26-19(29-27-16)13-7-20(13,21)22)9-23-15(11)18-25-14-5-10(2)8-24-17(14)28(18)3;1-3-2/h5-6,8-9,13H,4,7H2,1-3H3;. The lowest BCUT2D eigenvalue weighted by molar-refractivity contribution is 0.106. The minimum absolute atomic E-state index is 0.0241. The van der Waals surface area contributed by atoms with Crippen molar-refractivity contribution in [2.24, 2.45) is 7.05 Å². The molecule has 0 aliphatic heterocycles. The first-order valence-corrected chi connectivity index (χ1v) is 10.4. The molecule has 0 radical (unpaired) electrons. The van der Waals surface area contributed by atoms with Crippen LogP contribution in [0.2, 0.25) is 0 Å². The third-order valence-electron chi connectivity index (χ3n) is 5.23. The second kappa shape index (κ2) is 8.26. The summed E-state index contributed by atoms with van der Waals surface area (Å²) in [5.74, 6) is -2.76. The summed E-state index contributed by atoms with van der Waals surface area (Å²) >= 11 is -0.750. The Labute approximate surface area is 184 Å². The average Bonchev–Trinajstić information content (AvgIpc) is 3.09. The third-order valence-corrected chi connectivity index (χ3v) is 5.23. The lowest BCUT2D eigenvalue weighted by atomic mass is 10.1. The zero-order chi connectivity index (χ0) is 23.0. The van der Waals surface area contributed by atoms with Gasteiger partial charge in [-0.2, -0.15) is 13.4 Å². The van der Waals surface area contributed by atoms with E-state index in [1.807, 2.05) is 43.8 Å². The minimum Gasteiger partial charge on any atom is -0.338 e. The van der Waals surface area contributed by atoms with Gasteiger partial charge in [0.15, 0.2) is 11.5 Å². The van der Waals surface area contributed by atoms with E-state index >= 15 is 0 Å². The summed E-state index contributed by atoms with van der Waals surface area (Å²) in [5.41, 5.74) is 4.94. The summed E-state index contributed by atoms with van der Waals surface area (Å²) in [7, 11) is 1.91. The summed E-state index contributed by atoms with van der Waals surface area (Å²) < 4.78 is 50.0. The number of pyridine rings is 2. The van der Waals surface area contributed by atoms with Crippen molar-refractivity contribution in [3.8, 4) is 22.9 Å². The molecule has 4 heterocycles. The number of aromatic nitrogens is 6. The van der Waals surface area contributed by atoms with Crippen LogP contribution in [0.1, 0.15) is 36.3 Å². The molecule has 4 aromatic heterocycles. The Kier molecular flexibility index (Phi) is 5.63. The summed E-state index contributed by atoms with van der Waals surface area (Å²) in [5, 5.41) is 3.86. The maximum absolute atomic E-state index is 13.2. The topological polar surface area (TPSA) is 117 Å². The highest BCUT2D eigenvalue weighted by Gasteiger charge is 2.61. The average molecular weight is 460 g/mol. The predicted octanol–water partition coefficient (Wildman–Crippen LogP) is 3.40. The molecule has 9 nitrogen and oxygen atoms in total. The Morgan fingerprint density at radius 1 is 1.22 bits per heavy atom. The Morgan fingerprint density at radius 2 is 1.94 bits per heavy atom. The van der Waals surface area contributed by atoms with E-state index in [1.165, 1.54) is 0 Å². The first-order chi connectivity index (χ1) is 15.3. The van der Waals surface area contributed by atoms with Crippen molar-refractivity contribution in [1.29, 1.82) is 0 Å². The van der Waals surface area contributed by atoms with E-state index in [1.54, 1.807) is 6.20 Å². The van der Waals surface area contributed by atoms with E-state index in [-0.39, 0.29) is 18.1 Å². The number of rotatable bonds is 4. The molecule has 1 fully saturated rings. The minimum atomic E-state index is -2.74. The number of aryl methyl sites for hydroxylation is 3. The summed E-state index contributed by atoms with van der Waals surface area (Å²) in [6.07, 6.45) is 3.89. The monoisotopic (exact) mass is 460 g/mol. The Balaban J connectivity index is 0.000000775. The van der Waals surface area contributed by atoms with Crippen molar-refractivity contribution < 1.29 is 21.7 Å². The molecule has 0 spiro atoms. The molecular formula is C20H18F2N6O3S. The molecule has 0 saturated heterocycles. The van der Waals surface area contributed by atoms with Gasteiger partial charge in [0.1, 0.15) is 17.1 Å². The fourth-order valence-corrected chi connectivity index (χ4v) is 3.47. The van der Waals surface area contributed by atoms with Crippen LogP contribution < -0.4 is 0 Å². The highest BCUT2D eigenvalue weighted by molar-refractivity contribution is 7.51. The number of imidazole rings is 1. The van der Waals surface area contributed by atoms with Gasteiger partial charge in [0, 0.05) is 31.4 Å². The molecule has 0 N–H and O–H groups in total. The van der Waals surface area contributed by atoms with Crippen molar-refractivity contribution in [2.75, 3.05) is 0 Å². The van der Waals surface area contributed by atoms with E-state index in [0.717, 1.165) is 28.0 Å². The molecular weight excluding hydrogens is 442 g/mol. The fourth-order valence-electron chi connectivity index (χ4n) is 3.47. The SMILES string of the molecule is CCc1cc(-c2noc(C3CC3(F)F)n2)cnc1-c1nc2cc(C)cnc2n1C.O=S=O. The first kappa shape index (κ1) is 21.8. The number of alkyl halides is 2. The van der Waals surface area contributed by atoms with Gasteiger partial charge in [-0.3, -0.25) is 4.98 Å². The highest BCUT2D eigenvalue weighted by Crippen LogP contribution is 2.55. The van der Waals surface area contributed by atoms with Crippen LogP contribution in [0.5, 0.6) is 0 Å². The van der Waals surface area contributed by atoms with Crippen LogP contribution in [0.15, 0.2) is 29.0 Å².